The Balaban J connectivity index is 2.05. The quantitative estimate of drug-likeness (QED) is 0.722. The SMILES string of the molecule is COC[C@H](C)N(C)c1ncc2c(-c3ccnc(C)c3)cc(C)n2n1. The van der Waals surface area contributed by atoms with E-state index in [1.165, 1.54) is 0 Å². The molecule has 0 fully saturated rings. The summed E-state index contributed by atoms with van der Waals surface area (Å²) in [6.07, 6.45) is 3.72. The fourth-order valence-electron chi connectivity index (χ4n) is 2.80. The first-order valence-corrected chi connectivity index (χ1v) is 8.01. The van der Waals surface area contributed by atoms with E-state index in [-0.39, 0.29) is 6.04 Å². The molecule has 126 valence electrons. The fourth-order valence-corrected chi connectivity index (χ4v) is 2.80. The van der Waals surface area contributed by atoms with Gasteiger partial charge in [-0.2, -0.15) is 0 Å². The molecule has 0 unspecified atom stereocenters. The summed E-state index contributed by atoms with van der Waals surface area (Å²) >= 11 is 0. The van der Waals surface area contributed by atoms with Crippen LogP contribution in [-0.2, 0) is 4.74 Å². The molecule has 0 spiro atoms. The molecule has 6 nitrogen and oxygen atoms in total. The first kappa shape index (κ1) is 16.4. The van der Waals surface area contributed by atoms with E-state index < -0.39 is 0 Å². The third kappa shape index (κ3) is 2.97. The van der Waals surface area contributed by atoms with Crippen LogP contribution < -0.4 is 4.90 Å². The van der Waals surface area contributed by atoms with Crippen molar-refractivity contribution >= 4 is 11.5 Å². The molecule has 0 bridgehead atoms. The number of aromatic nitrogens is 4. The molecule has 0 aliphatic rings. The number of hydrogen-bond acceptors (Lipinski definition) is 5. The Bertz CT molecular complexity index is 858. The van der Waals surface area contributed by atoms with Gasteiger partial charge in [-0.25, -0.2) is 9.50 Å². The van der Waals surface area contributed by atoms with Gasteiger partial charge in [0.1, 0.15) is 0 Å². The van der Waals surface area contributed by atoms with Gasteiger partial charge in [-0.15, -0.1) is 5.10 Å². The second-order valence-electron chi connectivity index (χ2n) is 6.16. The van der Waals surface area contributed by atoms with E-state index in [9.17, 15) is 0 Å². The zero-order valence-electron chi connectivity index (χ0n) is 14.8. The minimum Gasteiger partial charge on any atom is -0.383 e. The first-order chi connectivity index (χ1) is 11.5. The summed E-state index contributed by atoms with van der Waals surface area (Å²) in [5.74, 6) is 0.684. The summed E-state index contributed by atoms with van der Waals surface area (Å²) in [5.41, 5.74) is 5.32. The second kappa shape index (κ2) is 6.57. The summed E-state index contributed by atoms with van der Waals surface area (Å²) in [4.78, 5) is 10.9. The topological polar surface area (TPSA) is 55.5 Å². The highest BCUT2D eigenvalue weighted by Gasteiger charge is 2.16. The number of ether oxygens (including phenoxy) is 1. The van der Waals surface area contributed by atoms with Crippen molar-refractivity contribution in [3.8, 4) is 11.1 Å². The Hall–Kier alpha value is -2.47. The lowest BCUT2D eigenvalue weighted by atomic mass is 10.1. The molecule has 3 aromatic heterocycles. The van der Waals surface area contributed by atoms with Gasteiger partial charge < -0.3 is 9.64 Å². The van der Waals surface area contributed by atoms with Crippen LogP contribution in [0.4, 0.5) is 5.95 Å². The van der Waals surface area contributed by atoms with Crippen molar-refractivity contribution in [1.82, 2.24) is 19.6 Å². The number of methoxy groups -OCH3 is 1. The smallest absolute Gasteiger partial charge is 0.243 e. The number of likely N-dealkylation sites (N-methyl/N-ethyl adjacent to an activating group) is 1. The van der Waals surface area contributed by atoms with Crippen LogP contribution >= 0.6 is 0 Å². The van der Waals surface area contributed by atoms with Gasteiger partial charge in [0.2, 0.25) is 5.95 Å². The molecule has 6 heteroatoms. The Kier molecular flexibility index (Phi) is 4.49. The minimum atomic E-state index is 0.200. The van der Waals surface area contributed by atoms with E-state index in [0.29, 0.717) is 12.6 Å². The maximum absolute atomic E-state index is 5.22. The lowest BCUT2D eigenvalue weighted by molar-refractivity contribution is 0.183. The predicted molar refractivity (Wildman–Crippen MR) is 95.4 cm³/mol. The van der Waals surface area contributed by atoms with Crippen molar-refractivity contribution in [2.24, 2.45) is 0 Å². The zero-order chi connectivity index (χ0) is 17.3. The largest absolute Gasteiger partial charge is 0.383 e. The lowest BCUT2D eigenvalue weighted by Gasteiger charge is -2.24. The van der Waals surface area contributed by atoms with Crippen molar-refractivity contribution in [2.75, 3.05) is 25.7 Å². The van der Waals surface area contributed by atoms with Gasteiger partial charge in [-0.05, 0) is 44.5 Å². The van der Waals surface area contributed by atoms with Crippen LogP contribution in [-0.4, -0.2) is 46.4 Å². The maximum atomic E-state index is 5.22. The van der Waals surface area contributed by atoms with Crippen LogP contribution in [0.15, 0.2) is 30.6 Å². The van der Waals surface area contributed by atoms with E-state index in [4.69, 9.17) is 9.84 Å². The molecule has 0 aromatic carbocycles. The standard InChI is InChI=1S/C18H23N5O/c1-12-8-15(6-7-19-12)16-9-13(2)23-17(16)10-20-18(21-23)22(4)14(3)11-24-5/h6-10,14H,11H2,1-5H3/t14-/m0/s1. The molecule has 3 aromatic rings. The monoisotopic (exact) mass is 325 g/mol. The van der Waals surface area contributed by atoms with Crippen molar-refractivity contribution in [2.45, 2.75) is 26.8 Å². The Labute approximate surface area is 142 Å². The number of anilines is 1. The number of rotatable bonds is 5. The minimum absolute atomic E-state index is 0.200. The van der Waals surface area contributed by atoms with E-state index in [0.717, 1.165) is 28.0 Å². The molecule has 3 rings (SSSR count). The second-order valence-corrected chi connectivity index (χ2v) is 6.16. The summed E-state index contributed by atoms with van der Waals surface area (Å²) in [7, 11) is 3.68. The molecule has 0 amide bonds. The Morgan fingerprint density at radius 1 is 1.25 bits per heavy atom. The lowest BCUT2D eigenvalue weighted by Crippen LogP contribution is -2.34. The van der Waals surface area contributed by atoms with Crippen molar-refractivity contribution in [1.29, 1.82) is 0 Å². The molecular weight excluding hydrogens is 302 g/mol. The van der Waals surface area contributed by atoms with Gasteiger partial charge >= 0.3 is 0 Å². The molecular formula is C18H23N5O. The normalized spacial score (nSPS) is 12.5. The van der Waals surface area contributed by atoms with Crippen molar-refractivity contribution < 1.29 is 4.74 Å². The van der Waals surface area contributed by atoms with Gasteiger partial charge in [0, 0.05) is 37.3 Å². The molecule has 0 aliphatic heterocycles. The molecule has 0 N–H and O–H groups in total. The highest BCUT2D eigenvalue weighted by molar-refractivity contribution is 5.81. The molecule has 0 saturated heterocycles. The average molecular weight is 325 g/mol. The third-order valence-corrected chi connectivity index (χ3v) is 4.28. The van der Waals surface area contributed by atoms with Crippen LogP contribution in [0.2, 0.25) is 0 Å². The van der Waals surface area contributed by atoms with E-state index in [1.54, 1.807) is 7.11 Å². The number of pyridine rings is 1. The molecule has 3 heterocycles. The van der Waals surface area contributed by atoms with Crippen LogP contribution in [0, 0.1) is 13.8 Å². The number of hydrogen-bond donors (Lipinski definition) is 0. The number of aryl methyl sites for hydroxylation is 2. The van der Waals surface area contributed by atoms with Gasteiger partial charge in [0.15, 0.2) is 0 Å². The van der Waals surface area contributed by atoms with Crippen LogP contribution in [0.1, 0.15) is 18.3 Å². The van der Waals surface area contributed by atoms with Crippen LogP contribution in [0.5, 0.6) is 0 Å². The molecule has 0 saturated carbocycles. The Morgan fingerprint density at radius 3 is 2.75 bits per heavy atom. The molecule has 24 heavy (non-hydrogen) atoms. The van der Waals surface area contributed by atoms with E-state index in [2.05, 4.69) is 35.9 Å². The van der Waals surface area contributed by atoms with Crippen molar-refractivity contribution in [3.63, 3.8) is 0 Å². The van der Waals surface area contributed by atoms with Crippen LogP contribution in [0.3, 0.4) is 0 Å². The Morgan fingerprint density at radius 2 is 2.04 bits per heavy atom. The number of fused-ring (bicyclic) bond motifs is 1. The summed E-state index contributed by atoms with van der Waals surface area (Å²) < 4.78 is 7.17. The molecule has 1 atom stereocenters. The van der Waals surface area contributed by atoms with Crippen LogP contribution in [0.25, 0.3) is 16.6 Å². The van der Waals surface area contributed by atoms with Gasteiger partial charge in [0.05, 0.1) is 24.4 Å². The fraction of sp³-hybridized carbons (Fsp3) is 0.389. The summed E-state index contributed by atoms with van der Waals surface area (Å²) in [5, 5.41) is 4.71. The zero-order valence-corrected chi connectivity index (χ0v) is 14.8. The predicted octanol–water partition coefficient (Wildman–Crippen LogP) is 2.88. The van der Waals surface area contributed by atoms with Gasteiger partial charge in [-0.1, -0.05) is 0 Å². The highest BCUT2D eigenvalue weighted by Crippen LogP contribution is 2.27. The van der Waals surface area contributed by atoms with Gasteiger partial charge in [0.25, 0.3) is 0 Å². The van der Waals surface area contributed by atoms with Crippen molar-refractivity contribution in [3.05, 3.63) is 42.0 Å². The number of nitrogens with zero attached hydrogens (tertiary/aromatic N) is 5. The summed E-state index contributed by atoms with van der Waals surface area (Å²) in [6.45, 7) is 6.77. The average Bonchev–Trinajstić information content (AvgIpc) is 2.91. The molecule has 0 radical (unpaired) electrons. The van der Waals surface area contributed by atoms with E-state index >= 15 is 0 Å². The first-order valence-electron chi connectivity index (χ1n) is 8.01. The molecule has 0 aliphatic carbocycles. The maximum Gasteiger partial charge on any atom is 0.243 e. The third-order valence-electron chi connectivity index (χ3n) is 4.28. The highest BCUT2D eigenvalue weighted by atomic mass is 16.5. The van der Waals surface area contributed by atoms with Gasteiger partial charge in [-0.3, -0.25) is 4.98 Å². The summed E-state index contributed by atoms with van der Waals surface area (Å²) in [6, 6.07) is 6.43. The van der Waals surface area contributed by atoms with E-state index in [1.807, 2.05) is 41.8 Å².